The van der Waals surface area contributed by atoms with Crippen LogP contribution in [0.1, 0.15) is 43.2 Å². The molecule has 1 aromatic carbocycles. The number of benzene rings is 1. The number of piperidine rings is 1. The molecule has 2 fully saturated rings. The highest BCUT2D eigenvalue weighted by Crippen LogP contribution is 2.46. The molecular weight excluding hydrogens is 262 g/mol. The lowest BCUT2D eigenvalue weighted by Gasteiger charge is -2.41. The maximum absolute atomic E-state index is 12.4. The van der Waals surface area contributed by atoms with Gasteiger partial charge in [0, 0.05) is 18.0 Å². The number of hydrogen-bond donors (Lipinski definition) is 0. The molecule has 3 rings (SSSR count). The van der Waals surface area contributed by atoms with E-state index in [0.717, 1.165) is 19.3 Å². The quantitative estimate of drug-likeness (QED) is 0.800. The summed E-state index contributed by atoms with van der Waals surface area (Å²) < 4.78 is 5.12. The van der Waals surface area contributed by atoms with E-state index in [-0.39, 0.29) is 11.9 Å². The minimum absolute atomic E-state index is 0.0220. The van der Waals surface area contributed by atoms with Gasteiger partial charge in [0.05, 0.1) is 13.0 Å². The average molecular weight is 287 g/mol. The zero-order valence-corrected chi connectivity index (χ0v) is 13.2. The third kappa shape index (κ3) is 2.48. The van der Waals surface area contributed by atoms with Crippen molar-refractivity contribution in [1.29, 1.82) is 0 Å². The van der Waals surface area contributed by atoms with Gasteiger partial charge in [-0.3, -0.25) is 9.69 Å². The number of carbonyl (C=O) groups excluding carboxylic acids is 1. The van der Waals surface area contributed by atoms with E-state index < -0.39 is 0 Å². The maximum atomic E-state index is 12.4. The van der Waals surface area contributed by atoms with Crippen LogP contribution < -0.4 is 0 Å². The third-order valence-electron chi connectivity index (χ3n) is 5.56. The second kappa shape index (κ2) is 5.80. The van der Waals surface area contributed by atoms with Gasteiger partial charge in [-0.05, 0) is 43.9 Å². The monoisotopic (exact) mass is 287 g/mol. The van der Waals surface area contributed by atoms with Crippen LogP contribution in [-0.2, 0) is 16.0 Å². The molecule has 21 heavy (non-hydrogen) atoms. The summed E-state index contributed by atoms with van der Waals surface area (Å²) in [4.78, 5) is 14.8. The van der Waals surface area contributed by atoms with E-state index in [1.807, 2.05) is 0 Å². The number of methoxy groups -OCH3 is 1. The van der Waals surface area contributed by atoms with Gasteiger partial charge in [0.1, 0.15) is 0 Å². The fraction of sp³-hybridized carbons (Fsp3) is 0.611. The second-order valence-corrected chi connectivity index (χ2v) is 6.45. The molecule has 1 aromatic rings. The Hall–Kier alpha value is -1.35. The Morgan fingerprint density at radius 3 is 2.62 bits per heavy atom. The Kier molecular flexibility index (Phi) is 4.03. The molecular formula is C18H25NO2. The molecule has 2 saturated heterocycles. The lowest BCUT2D eigenvalue weighted by molar-refractivity contribution is -0.150. The summed E-state index contributed by atoms with van der Waals surface area (Å²) in [5, 5.41) is 0. The van der Waals surface area contributed by atoms with E-state index in [9.17, 15) is 4.79 Å². The topological polar surface area (TPSA) is 29.5 Å². The lowest BCUT2D eigenvalue weighted by Crippen LogP contribution is -2.49. The van der Waals surface area contributed by atoms with E-state index in [4.69, 9.17) is 4.74 Å². The summed E-state index contributed by atoms with van der Waals surface area (Å²) in [6.07, 6.45) is 4.44. The second-order valence-electron chi connectivity index (χ2n) is 6.45. The van der Waals surface area contributed by atoms with Crippen LogP contribution in [0.3, 0.4) is 0 Å². The zero-order valence-electron chi connectivity index (χ0n) is 13.2. The first-order chi connectivity index (χ1) is 10.2. The van der Waals surface area contributed by atoms with E-state index in [1.165, 1.54) is 24.7 Å². The molecule has 4 atom stereocenters. The number of rotatable bonds is 3. The molecule has 0 spiro atoms. The minimum atomic E-state index is -0.0447. The highest BCUT2D eigenvalue weighted by molar-refractivity contribution is 5.75. The highest BCUT2D eigenvalue weighted by Gasteiger charge is 2.49. The summed E-state index contributed by atoms with van der Waals surface area (Å²) >= 11 is 0. The standard InChI is InChI=1S/C18H25NO2/c1-4-12-5-7-13(8-6-12)15-11-14-9-10-16(19(14)2)17(15)18(20)21-3/h5-8,14-17H,4,9-11H2,1-3H3/t14?,15-,16?,17+/m1/s1. The van der Waals surface area contributed by atoms with Crippen LogP contribution in [-0.4, -0.2) is 37.1 Å². The Morgan fingerprint density at radius 2 is 2.00 bits per heavy atom. The fourth-order valence-electron chi connectivity index (χ4n) is 4.27. The molecule has 2 heterocycles. The maximum Gasteiger partial charge on any atom is 0.310 e. The van der Waals surface area contributed by atoms with Gasteiger partial charge < -0.3 is 4.74 Å². The first kappa shape index (κ1) is 14.6. The van der Waals surface area contributed by atoms with Crippen LogP contribution >= 0.6 is 0 Å². The van der Waals surface area contributed by atoms with Gasteiger partial charge in [-0.25, -0.2) is 0 Å². The fourth-order valence-corrected chi connectivity index (χ4v) is 4.27. The van der Waals surface area contributed by atoms with Gasteiger partial charge >= 0.3 is 5.97 Å². The molecule has 2 aliphatic heterocycles. The number of esters is 1. The van der Waals surface area contributed by atoms with Crippen LogP contribution in [0.2, 0.25) is 0 Å². The number of ether oxygens (including phenoxy) is 1. The predicted octanol–water partition coefficient (Wildman–Crippen LogP) is 2.99. The van der Waals surface area contributed by atoms with E-state index in [1.54, 1.807) is 0 Å². The Labute approximate surface area is 127 Å². The molecule has 2 bridgehead atoms. The molecule has 0 N–H and O–H groups in total. The average Bonchev–Trinajstić information content (AvgIpc) is 2.76. The molecule has 114 valence electrons. The predicted molar refractivity (Wildman–Crippen MR) is 83.3 cm³/mol. The largest absolute Gasteiger partial charge is 0.469 e. The molecule has 0 radical (unpaired) electrons. The number of nitrogens with zero attached hydrogens (tertiary/aromatic N) is 1. The molecule has 0 aromatic heterocycles. The van der Waals surface area contributed by atoms with Gasteiger partial charge in [-0.2, -0.15) is 0 Å². The van der Waals surface area contributed by atoms with Crippen molar-refractivity contribution in [1.82, 2.24) is 4.90 Å². The molecule has 0 amide bonds. The molecule has 3 heteroatoms. The van der Waals surface area contributed by atoms with Gasteiger partial charge in [0.25, 0.3) is 0 Å². The summed E-state index contributed by atoms with van der Waals surface area (Å²) in [6, 6.07) is 9.78. The summed E-state index contributed by atoms with van der Waals surface area (Å²) in [5.74, 6) is 0.236. The minimum Gasteiger partial charge on any atom is -0.469 e. The number of carbonyl (C=O) groups is 1. The van der Waals surface area contributed by atoms with Crippen molar-refractivity contribution in [3.63, 3.8) is 0 Å². The van der Waals surface area contributed by atoms with Crippen molar-refractivity contribution in [2.24, 2.45) is 5.92 Å². The zero-order chi connectivity index (χ0) is 15.0. The van der Waals surface area contributed by atoms with E-state index in [0.29, 0.717) is 18.0 Å². The molecule has 2 unspecified atom stereocenters. The Morgan fingerprint density at radius 1 is 1.29 bits per heavy atom. The Balaban J connectivity index is 1.92. The highest BCUT2D eigenvalue weighted by atomic mass is 16.5. The molecule has 2 aliphatic rings. The third-order valence-corrected chi connectivity index (χ3v) is 5.56. The van der Waals surface area contributed by atoms with Gasteiger partial charge in [0.2, 0.25) is 0 Å². The van der Waals surface area contributed by atoms with Crippen LogP contribution in [0.5, 0.6) is 0 Å². The molecule has 0 aliphatic carbocycles. The summed E-state index contributed by atoms with van der Waals surface area (Å²) in [7, 11) is 3.68. The SMILES string of the molecule is CCc1ccc([C@H]2CC3CCC([C@H]2C(=O)OC)N3C)cc1. The van der Waals surface area contributed by atoms with Crippen molar-refractivity contribution in [2.45, 2.75) is 50.6 Å². The lowest BCUT2D eigenvalue weighted by atomic mass is 9.76. The van der Waals surface area contributed by atoms with Gasteiger partial charge in [0.15, 0.2) is 0 Å². The first-order valence-electron chi connectivity index (χ1n) is 8.04. The molecule has 0 saturated carbocycles. The van der Waals surface area contributed by atoms with Crippen LogP contribution in [0.25, 0.3) is 0 Å². The molecule has 3 nitrogen and oxygen atoms in total. The number of fused-ring (bicyclic) bond motifs is 2. The van der Waals surface area contributed by atoms with Gasteiger partial charge in [-0.1, -0.05) is 31.2 Å². The van der Waals surface area contributed by atoms with Gasteiger partial charge in [-0.15, -0.1) is 0 Å². The number of aryl methyl sites for hydroxylation is 1. The van der Waals surface area contributed by atoms with Crippen molar-refractivity contribution in [3.05, 3.63) is 35.4 Å². The van der Waals surface area contributed by atoms with Crippen molar-refractivity contribution >= 4 is 5.97 Å². The van der Waals surface area contributed by atoms with Crippen LogP contribution in [0.15, 0.2) is 24.3 Å². The van der Waals surface area contributed by atoms with Crippen LogP contribution in [0, 0.1) is 5.92 Å². The van der Waals surface area contributed by atoms with Crippen molar-refractivity contribution < 1.29 is 9.53 Å². The normalized spacial score (nSPS) is 32.1. The van der Waals surface area contributed by atoms with E-state index >= 15 is 0 Å². The number of hydrogen-bond acceptors (Lipinski definition) is 3. The van der Waals surface area contributed by atoms with Crippen LogP contribution in [0.4, 0.5) is 0 Å². The van der Waals surface area contributed by atoms with Crippen molar-refractivity contribution in [3.8, 4) is 0 Å². The first-order valence-corrected chi connectivity index (χ1v) is 8.04. The van der Waals surface area contributed by atoms with E-state index in [2.05, 4.69) is 43.1 Å². The Bertz CT molecular complexity index is 510. The van der Waals surface area contributed by atoms with Crippen molar-refractivity contribution in [2.75, 3.05) is 14.2 Å². The smallest absolute Gasteiger partial charge is 0.310 e. The summed E-state index contributed by atoms with van der Waals surface area (Å²) in [6.45, 7) is 2.17. The summed E-state index contributed by atoms with van der Waals surface area (Å²) in [5.41, 5.74) is 2.65.